The molecule has 0 spiro atoms. The first-order valence-corrected chi connectivity index (χ1v) is 5.99. The Balaban J connectivity index is 2.23. The van der Waals surface area contributed by atoms with Crippen LogP contribution in [-0.4, -0.2) is 29.5 Å². The van der Waals surface area contributed by atoms with Crippen LogP contribution in [0.1, 0.15) is 39.0 Å². The van der Waals surface area contributed by atoms with Crippen molar-refractivity contribution in [3.63, 3.8) is 0 Å². The molecule has 1 rings (SSSR count). The molecule has 0 aromatic rings. The molecule has 0 bridgehead atoms. The van der Waals surface area contributed by atoms with Gasteiger partial charge in [-0.2, -0.15) is 0 Å². The Morgan fingerprint density at radius 3 is 2.43 bits per heavy atom. The molecule has 1 fully saturated rings. The average molecular weight is 214 g/mol. The third-order valence-electron chi connectivity index (χ3n) is 3.32. The maximum absolute atomic E-state index is 5.50. The van der Waals surface area contributed by atoms with Gasteiger partial charge in [0.25, 0.3) is 0 Å². The fourth-order valence-electron chi connectivity index (χ4n) is 2.15. The zero-order chi connectivity index (χ0) is 10.6. The first kappa shape index (κ1) is 11.9. The predicted octanol–water partition coefficient (Wildman–Crippen LogP) is 2.17. The van der Waals surface area contributed by atoms with Crippen LogP contribution >= 0.6 is 12.2 Å². The molecule has 2 nitrogen and oxygen atoms in total. The molecule has 0 aliphatic heterocycles. The van der Waals surface area contributed by atoms with Crippen LogP contribution in [0.3, 0.4) is 0 Å². The minimum Gasteiger partial charge on any atom is -0.393 e. The van der Waals surface area contributed by atoms with E-state index in [1.807, 2.05) is 0 Å². The fraction of sp³-hybridized carbons (Fsp3) is 0.909. The number of hydrogen-bond donors (Lipinski definition) is 1. The summed E-state index contributed by atoms with van der Waals surface area (Å²) in [7, 11) is 2.19. The molecule has 14 heavy (non-hydrogen) atoms. The molecule has 0 radical (unpaired) electrons. The molecule has 3 heteroatoms. The van der Waals surface area contributed by atoms with Gasteiger partial charge in [-0.25, -0.2) is 0 Å². The van der Waals surface area contributed by atoms with Crippen LogP contribution in [0.2, 0.25) is 0 Å². The Hall–Kier alpha value is -0.150. The van der Waals surface area contributed by atoms with Crippen molar-refractivity contribution in [3.8, 4) is 0 Å². The molecule has 0 aromatic heterocycles. The smallest absolute Gasteiger partial charge is 0.0740 e. The maximum atomic E-state index is 5.50. The lowest BCUT2D eigenvalue weighted by atomic mass is 9.87. The lowest BCUT2D eigenvalue weighted by Crippen LogP contribution is -2.36. The van der Waals surface area contributed by atoms with Gasteiger partial charge in [0.05, 0.1) is 4.99 Å². The van der Waals surface area contributed by atoms with Crippen molar-refractivity contribution in [3.05, 3.63) is 0 Å². The van der Waals surface area contributed by atoms with Gasteiger partial charge >= 0.3 is 0 Å². The van der Waals surface area contributed by atoms with Crippen LogP contribution in [0, 0.1) is 5.92 Å². The van der Waals surface area contributed by atoms with E-state index in [2.05, 4.69) is 18.9 Å². The van der Waals surface area contributed by atoms with E-state index in [0.29, 0.717) is 4.99 Å². The van der Waals surface area contributed by atoms with Gasteiger partial charge in [0, 0.05) is 19.0 Å². The molecule has 1 saturated carbocycles. The summed E-state index contributed by atoms with van der Waals surface area (Å²) in [5.41, 5.74) is 5.50. The second-order valence-corrected chi connectivity index (χ2v) is 5.13. The van der Waals surface area contributed by atoms with E-state index in [9.17, 15) is 0 Å². The van der Waals surface area contributed by atoms with Crippen molar-refractivity contribution in [2.75, 3.05) is 13.6 Å². The van der Waals surface area contributed by atoms with Crippen molar-refractivity contribution >= 4 is 17.2 Å². The minimum atomic E-state index is 0.640. The molecule has 0 saturated heterocycles. The molecule has 82 valence electrons. The Labute approximate surface area is 92.8 Å². The van der Waals surface area contributed by atoms with E-state index in [-0.39, 0.29) is 0 Å². The van der Waals surface area contributed by atoms with Crippen LogP contribution in [0.5, 0.6) is 0 Å². The van der Waals surface area contributed by atoms with Gasteiger partial charge in [-0.3, -0.25) is 0 Å². The lowest BCUT2D eigenvalue weighted by molar-refractivity contribution is 0.174. The van der Waals surface area contributed by atoms with E-state index in [0.717, 1.165) is 24.9 Å². The second kappa shape index (κ2) is 5.66. The number of thiocarbonyl (C=S) groups is 1. The van der Waals surface area contributed by atoms with E-state index >= 15 is 0 Å². The zero-order valence-electron chi connectivity index (χ0n) is 9.33. The molecule has 0 atom stereocenters. The highest BCUT2D eigenvalue weighted by Gasteiger charge is 2.21. The van der Waals surface area contributed by atoms with Crippen LogP contribution in [0.15, 0.2) is 0 Å². The van der Waals surface area contributed by atoms with Crippen LogP contribution in [-0.2, 0) is 0 Å². The lowest BCUT2D eigenvalue weighted by Gasteiger charge is -2.33. The van der Waals surface area contributed by atoms with Gasteiger partial charge < -0.3 is 10.6 Å². The summed E-state index contributed by atoms with van der Waals surface area (Å²) < 4.78 is 0. The van der Waals surface area contributed by atoms with Crippen molar-refractivity contribution in [1.82, 2.24) is 4.90 Å². The Bertz CT molecular complexity index is 186. The molecule has 1 aliphatic rings. The third-order valence-corrected chi connectivity index (χ3v) is 3.52. The standard InChI is InChI=1S/C11H22N2S/c1-9-3-5-10(6-4-9)13(2)8-7-11(12)14/h9-10H,3-8H2,1-2H3,(H2,12,14). The van der Waals surface area contributed by atoms with Gasteiger partial charge in [-0.15, -0.1) is 0 Å². The van der Waals surface area contributed by atoms with E-state index in [1.54, 1.807) is 0 Å². The third kappa shape index (κ3) is 3.93. The summed E-state index contributed by atoms with van der Waals surface area (Å²) >= 11 is 4.89. The fourth-order valence-corrected chi connectivity index (χ4v) is 2.24. The van der Waals surface area contributed by atoms with Crippen molar-refractivity contribution in [1.29, 1.82) is 0 Å². The van der Waals surface area contributed by atoms with E-state index < -0.39 is 0 Å². The molecular weight excluding hydrogens is 192 g/mol. The van der Waals surface area contributed by atoms with E-state index in [1.165, 1.54) is 25.7 Å². The molecular formula is C11H22N2S. The summed E-state index contributed by atoms with van der Waals surface area (Å²) in [4.78, 5) is 3.06. The van der Waals surface area contributed by atoms with Crippen LogP contribution < -0.4 is 5.73 Å². The maximum Gasteiger partial charge on any atom is 0.0740 e. The molecule has 0 heterocycles. The molecule has 1 aliphatic carbocycles. The zero-order valence-corrected chi connectivity index (χ0v) is 10.1. The summed E-state index contributed by atoms with van der Waals surface area (Å²) in [5, 5.41) is 0. The average Bonchev–Trinajstić information content (AvgIpc) is 2.15. The monoisotopic (exact) mass is 214 g/mol. The van der Waals surface area contributed by atoms with Gasteiger partial charge in [-0.05, 0) is 38.6 Å². The first-order valence-electron chi connectivity index (χ1n) is 5.58. The molecule has 2 N–H and O–H groups in total. The number of nitrogens with two attached hydrogens (primary N) is 1. The Morgan fingerprint density at radius 1 is 1.36 bits per heavy atom. The summed E-state index contributed by atoms with van der Waals surface area (Å²) in [6.45, 7) is 3.37. The van der Waals surface area contributed by atoms with E-state index in [4.69, 9.17) is 18.0 Å². The highest BCUT2D eigenvalue weighted by Crippen LogP contribution is 2.26. The normalized spacial score (nSPS) is 27.9. The summed E-state index contributed by atoms with van der Waals surface area (Å²) in [6, 6.07) is 0.764. The molecule has 0 unspecified atom stereocenters. The van der Waals surface area contributed by atoms with Gasteiger partial charge in [0.1, 0.15) is 0 Å². The number of rotatable bonds is 4. The first-order chi connectivity index (χ1) is 6.59. The van der Waals surface area contributed by atoms with Crippen LogP contribution in [0.25, 0.3) is 0 Å². The highest BCUT2D eigenvalue weighted by molar-refractivity contribution is 7.80. The SMILES string of the molecule is CC1CCC(N(C)CCC(N)=S)CC1. The Morgan fingerprint density at radius 2 is 1.93 bits per heavy atom. The van der Waals surface area contributed by atoms with Crippen molar-refractivity contribution < 1.29 is 0 Å². The van der Waals surface area contributed by atoms with Crippen LogP contribution in [0.4, 0.5) is 0 Å². The predicted molar refractivity (Wildman–Crippen MR) is 65.5 cm³/mol. The largest absolute Gasteiger partial charge is 0.393 e. The number of nitrogens with zero attached hydrogens (tertiary/aromatic N) is 1. The quantitative estimate of drug-likeness (QED) is 0.727. The molecule has 0 amide bonds. The van der Waals surface area contributed by atoms with Gasteiger partial charge in [0.15, 0.2) is 0 Å². The number of hydrogen-bond acceptors (Lipinski definition) is 2. The van der Waals surface area contributed by atoms with Gasteiger partial charge in [-0.1, -0.05) is 19.1 Å². The minimum absolute atomic E-state index is 0.640. The highest BCUT2D eigenvalue weighted by atomic mass is 32.1. The van der Waals surface area contributed by atoms with Gasteiger partial charge in [0.2, 0.25) is 0 Å². The summed E-state index contributed by atoms with van der Waals surface area (Å²) in [6.07, 6.45) is 6.30. The Kier molecular flexibility index (Phi) is 4.82. The summed E-state index contributed by atoms with van der Waals surface area (Å²) in [5.74, 6) is 0.926. The van der Waals surface area contributed by atoms with Crippen molar-refractivity contribution in [2.45, 2.75) is 45.1 Å². The topological polar surface area (TPSA) is 29.3 Å². The second-order valence-electron chi connectivity index (χ2n) is 4.61. The van der Waals surface area contributed by atoms with Crippen molar-refractivity contribution in [2.24, 2.45) is 11.7 Å². The molecule has 0 aromatic carbocycles.